The highest BCUT2D eigenvalue weighted by Gasteiger charge is 2.31. The van der Waals surface area contributed by atoms with Gasteiger partial charge in [0.2, 0.25) is 5.91 Å². The lowest BCUT2D eigenvalue weighted by Crippen LogP contribution is -2.51. The number of nitrogens with zero attached hydrogens (tertiary/aromatic N) is 1. The lowest BCUT2D eigenvalue weighted by atomic mass is 9.98. The smallest absolute Gasteiger partial charge is 0.237 e. The average Bonchev–Trinajstić information content (AvgIpc) is 2.82. The minimum Gasteiger partial charge on any atom is -0.380 e. The van der Waals surface area contributed by atoms with Crippen LogP contribution in [0.2, 0.25) is 0 Å². The summed E-state index contributed by atoms with van der Waals surface area (Å²) < 4.78 is 5.26. The van der Waals surface area contributed by atoms with E-state index in [4.69, 9.17) is 4.74 Å². The zero-order valence-corrected chi connectivity index (χ0v) is 11.6. The molecule has 0 aromatic heterocycles. The third-order valence-electron chi connectivity index (χ3n) is 4.30. The maximum Gasteiger partial charge on any atom is 0.237 e. The van der Waals surface area contributed by atoms with Crippen molar-refractivity contribution in [1.29, 1.82) is 0 Å². The first-order chi connectivity index (χ1) is 8.60. The first-order valence-electron chi connectivity index (χ1n) is 6.87. The summed E-state index contributed by atoms with van der Waals surface area (Å²) in [6.07, 6.45) is 3.05. The molecule has 0 aliphatic carbocycles. The first-order valence-corrected chi connectivity index (χ1v) is 6.87. The molecule has 0 aromatic carbocycles. The zero-order valence-electron chi connectivity index (χ0n) is 11.6. The van der Waals surface area contributed by atoms with Crippen LogP contribution in [0.5, 0.6) is 0 Å². The van der Waals surface area contributed by atoms with Crippen LogP contribution in [0, 0.1) is 0 Å². The Balaban J connectivity index is 1.78. The molecule has 2 heterocycles. The van der Waals surface area contributed by atoms with Gasteiger partial charge in [-0.2, -0.15) is 0 Å². The van der Waals surface area contributed by atoms with E-state index in [-0.39, 0.29) is 18.1 Å². The molecule has 4 unspecified atom stereocenters. The van der Waals surface area contributed by atoms with Crippen molar-refractivity contribution in [3.63, 3.8) is 0 Å². The van der Waals surface area contributed by atoms with Gasteiger partial charge in [0, 0.05) is 32.3 Å². The molecule has 0 spiro atoms. The van der Waals surface area contributed by atoms with E-state index < -0.39 is 0 Å². The molecule has 2 fully saturated rings. The van der Waals surface area contributed by atoms with Crippen LogP contribution in [0.4, 0.5) is 0 Å². The van der Waals surface area contributed by atoms with E-state index in [1.165, 1.54) is 0 Å². The number of piperidine rings is 1. The van der Waals surface area contributed by atoms with Gasteiger partial charge in [0.25, 0.3) is 0 Å². The Bertz CT molecular complexity index is 298. The number of hydrogen-bond donors (Lipinski definition) is 2. The Morgan fingerprint density at radius 3 is 2.83 bits per heavy atom. The van der Waals surface area contributed by atoms with Crippen molar-refractivity contribution >= 4 is 5.91 Å². The van der Waals surface area contributed by atoms with Gasteiger partial charge in [-0.3, -0.25) is 4.79 Å². The van der Waals surface area contributed by atoms with Gasteiger partial charge in [-0.05, 0) is 33.2 Å². The number of methoxy groups -OCH3 is 1. The summed E-state index contributed by atoms with van der Waals surface area (Å²) in [6, 6.07) is 0.796. The summed E-state index contributed by atoms with van der Waals surface area (Å²) in [5, 5.41) is 6.39. The molecule has 0 radical (unpaired) electrons. The molecular formula is C13H25N3O2. The van der Waals surface area contributed by atoms with Crippen LogP contribution in [0.1, 0.15) is 26.2 Å². The number of carbonyl (C=O) groups excluding carboxylic acids is 1. The summed E-state index contributed by atoms with van der Waals surface area (Å²) in [4.78, 5) is 14.5. The van der Waals surface area contributed by atoms with E-state index in [9.17, 15) is 4.79 Å². The fraction of sp³-hybridized carbons (Fsp3) is 0.923. The second-order valence-electron chi connectivity index (χ2n) is 5.61. The maximum absolute atomic E-state index is 12.1. The van der Waals surface area contributed by atoms with E-state index in [0.29, 0.717) is 12.1 Å². The first kappa shape index (κ1) is 13.8. The van der Waals surface area contributed by atoms with E-state index >= 15 is 0 Å². The van der Waals surface area contributed by atoms with Gasteiger partial charge in [-0.25, -0.2) is 0 Å². The van der Waals surface area contributed by atoms with E-state index in [1.807, 2.05) is 0 Å². The van der Waals surface area contributed by atoms with E-state index in [1.54, 1.807) is 7.11 Å². The Kier molecular flexibility index (Phi) is 4.59. The lowest BCUT2D eigenvalue weighted by molar-refractivity contribution is -0.124. The van der Waals surface area contributed by atoms with Crippen molar-refractivity contribution < 1.29 is 9.53 Å². The largest absolute Gasteiger partial charge is 0.380 e. The molecule has 2 N–H and O–H groups in total. The quantitative estimate of drug-likeness (QED) is 0.743. The van der Waals surface area contributed by atoms with Crippen LogP contribution >= 0.6 is 0 Å². The molecule has 0 saturated carbocycles. The second-order valence-corrected chi connectivity index (χ2v) is 5.61. The van der Waals surface area contributed by atoms with Gasteiger partial charge >= 0.3 is 0 Å². The highest BCUT2D eigenvalue weighted by molar-refractivity contribution is 5.82. The Morgan fingerprint density at radius 1 is 1.44 bits per heavy atom. The van der Waals surface area contributed by atoms with E-state index in [2.05, 4.69) is 29.5 Å². The number of nitrogens with one attached hydrogen (secondary N) is 2. The minimum absolute atomic E-state index is 0.0788. The molecule has 5 heteroatoms. The molecule has 5 nitrogen and oxygen atoms in total. The lowest BCUT2D eigenvalue weighted by Gasteiger charge is -2.35. The van der Waals surface area contributed by atoms with Crippen LogP contribution in [-0.2, 0) is 9.53 Å². The van der Waals surface area contributed by atoms with Crippen molar-refractivity contribution in [2.24, 2.45) is 0 Å². The predicted molar refractivity (Wildman–Crippen MR) is 70.5 cm³/mol. The Labute approximate surface area is 109 Å². The number of hydrogen-bond acceptors (Lipinski definition) is 4. The molecule has 2 aliphatic heterocycles. The summed E-state index contributed by atoms with van der Waals surface area (Å²) in [6.45, 7) is 4.05. The molecule has 104 valence electrons. The molecule has 2 saturated heterocycles. The highest BCUT2D eigenvalue weighted by Crippen LogP contribution is 2.16. The predicted octanol–water partition coefficient (Wildman–Crippen LogP) is -0.0378. The zero-order chi connectivity index (χ0) is 13.1. The molecule has 0 aromatic rings. The van der Waals surface area contributed by atoms with Crippen molar-refractivity contribution in [3.8, 4) is 0 Å². The monoisotopic (exact) mass is 255 g/mol. The van der Waals surface area contributed by atoms with Crippen LogP contribution in [-0.4, -0.2) is 62.3 Å². The van der Waals surface area contributed by atoms with Crippen LogP contribution in [0.25, 0.3) is 0 Å². The van der Waals surface area contributed by atoms with Gasteiger partial charge in [0.1, 0.15) is 0 Å². The number of amides is 1. The van der Waals surface area contributed by atoms with Crippen molar-refractivity contribution in [3.05, 3.63) is 0 Å². The maximum atomic E-state index is 12.1. The third-order valence-corrected chi connectivity index (χ3v) is 4.30. The summed E-state index contributed by atoms with van der Waals surface area (Å²) in [5.41, 5.74) is 0. The topological polar surface area (TPSA) is 53.6 Å². The van der Waals surface area contributed by atoms with Gasteiger partial charge in [-0.1, -0.05) is 0 Å². The fourth-order valence-corrected chi connectivity index (χ4v) is 2.80. The van der Waals surface area contributed by atoms with Gasteiger partial charge < -0.3 is 20.3 Å². The molecule has 2 rings (SSSR count). The van der Waals surface area contributed by atoms with Crippen LogP contribution in [0.3, 0.4) is 0 Å². The van der Waals surface area contributed by atoms with Crippen molar-refractivity contribution in [1.82, 2.24) is 15.5 Å². The molecular weight excluding hydrogens is 230 g/mol. The molecule has 4 atom stereocenters. The van der Waals surface area contributed by atoms with Gasteiger partial charge in [0.15, 0.2) is 0 Å². The van der Waals surface area contributed by atoms with Gasteiger partial charge in [0.05, 0.1) is 12.1 Å². The molecule has 1 amide bonds. The normalized spacial score (nSPS) is 37.7. The SMILES string of the molecule is COC1CNC(C(=O)NC2CCN(C)C(C)C2)C1. The number of ether oxygens (including phenoxy) is 1. The Hall–Kier alpha value is -0.650. The number of carbonyl (C=O) groups is 1. The van der Waals surface area contributed by atoms with Crippen LogP contribution < -0.4 is 10.6 Å². The molecule has 2 aliphatic rings. The van der Waals surface area contributed by atoms with Crippen molar-refractivity contribution in [2.75, 3.05) is 27.2 Å². The van der Waals surface area contributed by atoms with Gasteiger partial charge in [-0.15, -0.1) is 0 Å². The second kappa shape index (κ2) is 5.99. The summed E-state index contributed by atoms with van der Waals surface area (Å²) in [7, 11) is 3.84. The van der Waals surface area contributed by atoms with Crippen LogP contribution in [0.15, 0.2) is 0 Å². The molecule has 18 heavy (non-hydrogen) atoms. The number of rotatable bonds is 3. The summed E-state index contributed by atoms with van der Waals surface area (Å²) in [5.74, 6) is 0.135. The van der Waals surface area contributed by atoms with E-state index in [0.717, 1.165) is 32.4 Å². The average molecular weight is 255 g/mol. The third kappa shape index (κ3) is 3.22. The molecule has 0 bridgehead atoms. The number of likely N-dealkylation sites (tertiary alicyclic amines) is 1. The minimum atomic E-state index is -0.0788. The highest BCUT2D eigenvalue weighted by atomic mass is 16.5. The standard InChI is InChI=1S/C13H25N3O2/c1-9-6-10(4-5-16(9)2)15-13(17)12-7-11(18-3)8-14-12/h9-12,14H,4-8H2,1-3H3,(H,15,17). The Morgan fingerprint density at radius 2 is 2.22 bits per heavy atom. The van der Waals surface area contributed by atoms with Crippen molar-refractivity contribution in [2.45, 2.75) is 50.4 Å². The summed E-state index contributed by atoms with van der Waals surface area (Å²) >= 11 is 0. The fourth-order valence-electron chi connectivity index (χ4n) is 2.80.